The molecule has 11 heteroatoms. The standard InChI is InChI=1S/C36H40N8O3/c1-46-31-14-11-24(22-32(31)47-2)15-19-38-36(45)39-27-16-20-43(21-17-27)23-25-9-12-26(13-10-25)34-41-42-35-28-6-3-4-7-29(28)40-33-30(44(34)35)8-5-18-37-33/h3-14,18,22,27,34,41H,15-17,19-21,23H2,1-2H3,(H,37,40)(H2,38,39,45). The minimum atomic E-state index is -0.151. The van der Waals surface area contributed by atoms with Gasteiger partial charge in [0.25, 0.3) is 0 Å². The maximum Gasteiger partial charge on any atom is 0.315 e. The number of rotatable bonds is 9. The predicted molar refractivity (Wildman–Crippen MR) is 183 cm³/mol. The van der Waals surface area contributed by atoms with Gasteiger partial charge < -0.3 is 25.4 Å². The van der Waals surface area contributed by atoms with Crippen LogP contribution in [0.5, 0.6) is 11.5 Å². The van der Waals surface area contributed by atoms with Crippen LogP contribution in [0.15, 0.2) is 90.2 Å². The first-order valence-corrected chi connectivity index (χ1v) is 16.1. The molecule has 11 nitrogen and oxygen atoms in total. The molecule has 47 heavy (non-hydrogen) atoms. The van der Waals surface area contributed by atoms with E-state index in [1.807, 2.05) is 36.4 Å². The second-order valence-electron chi connectivity index (χ2n) is 12.0. The minimum Gasteiger partial charge on any atom is -0.493 e. The lowest BCUT2D eigenvalue weighted by Gasteiger charge is -2.32. The summed E-state index contributed by atoms with van der Waals surface area (Å²) in [5, 5.41) is 14.4. The van der Waals surface area contributed by atoms with E-state index in [0.29, 0.717) is 24.5 Å². The fourth-order valence-corrected chi connectivity index (χ4v) is 6.52. The van der Waals surface area contributed by atoms with Crippen molar-refractivity contribution in [3.05, 3.63) is 107 Å². The van der Waals surface area contributed by atoms with Crippen LogP contribution >= 0.6 is 0 Å². The van der Waals surface area contributed by atoms with Crippen molar-refractivity contribution in [2.24, 2.45) is 5.10 Å². The zero-order valence-electron chi connectivity index (χ0n) is 26.7. The lowest BCUT2D eigenvalue weighted by molar-refractivity contribution is 0.186. The van der Waals surface area contributed by atoms with E-state index < -0.39 is 0 Å². The van der Waals surface area contributed by atoms with Crippen molar-refractivity contribution < 1.29 is 14.3 Å². The monoisotopic (exact) mass is 632 g/mol. The number of benzene rings is 3. The number of urea groups is 1. The second kappa shape index (κ2) is 13.6. The number of methoxy groups -OCH3 is 2. The van der Waals surface area contributed by atoms with Crippen LogP contribution in [0.25, 0.3) is 0 Å². The Morgan fingerprint density at radius 3 is 2.53 bits per heavy atom. The van der Waals surface area contributed by atoms with E-state index in [4.69, 9.17) is 14.6 Å². The number of nitrogens with one attached hydrogen (secondary N) is 4. The normalized spacial score (nSPS) is 17.2. The van der Waals surface area contributed by atoms with Crippen LogP contribution in [0.4, 0.5) is 22.0 Å². The van der Waals surface area contributed by atoms with Crippen molar-refractivity contribution in [3.63, 3.8) is 0 Å². The molecule has 0 saturated carbocycles. The van der Waals surface area contributed by atoms with Gasteiger partial charge >= 0.3 is 6.03 Å². The van der Waals surface area contributed by atoms with Crippen molar-refractivity contribution in [1.82, 2.24) is 25.9 Å². The summed E-state index contributed by atoms with van der Waals surface area (Å²) in [7, 11) is 3.24. The number of nitrogens with zero attached hydrogens (tertiary/aromatic N) is 4. The van der Waals surface area contributed by atoms with Crippen LogP contribution in [0.3, 0.4) is 0 Å². The molecule has 4 heterocycles. The molecule has 2 amide bonds. The SMILES string of the molecule is COc1ccc(CCNC(=O)NC2CCN(Cc3ccc(C4NN=C5c6ccccc6Nc6ncccc6N54)cc3)CC2)cc1OC. The number of pyridine rings is 1. The Hall–Kier alpha value is -5.29. The Kier molecular flexibility index (Phi) is 8.79. The van der Waals surface area contributed by atoms with E-state index in [1.54, 1.807) is 20.4 Å². The van der Waals surface area contributed by atoms with Crippen molar-refractivity contribution >= 4 is 29.1 Å². The van der Waals surface area contributed by atoms with Gasteiger partial charge in [-0.25, -0.2) is 9.78 Å². The van der Waals surface area contributed by atoms with Crippen LogP contribution in [-0.4, -0.2) is 61.6 Å². The number of anilines is 3. The van der Waals surface area contributed by atoms with Crippen molar-refractivity contribution in [1.29, 1.82) is 0 Å². The Morgan fingerprint density at radius 2 is 1.72 bits per heavy atom. The number of hydrogen-bond donors (Lipinski definition) is 4. The average Bonchev–Trinajstić information content (AvgIpc) is 3.49. The first kappa shape index (κ1) is 30.4. The number of aromatic nitrogens is 1. The number of likely N-dealkylation sites (tertiary alicyclic amines) is 1. The third-order valence-corrected chi connectivity index (χ3v) is 9.02. The largest absolute Gasteiger partial charge is 0.493 e. The molecule has 4 N–H and O–H groups in total. The highest BCUT2D eigenvalue weighted by Crippen LogP contribution is 2.40. The van der Waals surface area contributed by atoms with E-state index in [9.17, 15) is 4.79 Å². The molecule has 1 unspecified atom stereocenters. The number of carbonyl (C=O) groups excluding carboxylic acids is 1. The van der Waals surface area contributed by atoms with E-state index >= 15 is 0 Å². The Morgan fingerprint density at radius 1 is 0.936 bits per heavy atom. The topological polar surface area (TPSA) is 115 Å². The van der Waals surface area contributed by atoms with Gasteiger partial charge in [0.15, 0.2) is 23.2 Å². The highest BCUT2D eigenvalue weighted by molar-refractivity contribution is 6.17. The molecule has 3 aliphatic heterocycles. The molecule has 0 aliphatic carbocycles. The maximum atomic E-state index is 12.6. The third kappa shape index (κ3) is 6.52. The van der Waals surface area contributed by atoms with Crippen LogP contribution in [0, 0.1) is 0 Å². The van der Waals surface area contributed by atoms with Crippen LogP contribution in [0.1, 0.15) is 41.3 Å². The number of amides is 2. The van der Waals surface area contributed by atoms with E-state index in [1.165, 1.54) is 5.56 Å². The zero-order chi connectivity index (χ0) is 32.2. The fourth-order valence-electron chi connectivity index (χ4n) is 6.52. The molecule has 4 aromatic rings. The quantitative estimate of drug-likeness (QED) is 0.201. The van der Waals surface area contributed by atoms with Crippen molar-refractivity contribution in [3.8, 4) is 11.5 Å². The third-order valence-electron chi connectivity index (χ3n) is 9.02. The Bertz CT molecular complexity index is 1750. The molecule has 1 saturated heterocycles. The smallest absolute Gasteiger partial charge is 0.315 e. The number of carbonyl (C=O) groups is 1. The second-order valence-corrected chi connectivity index (χ2v) is 12.0. The summed E-state index contributed by atoms with van der Waals surface area (Å²) in [6.45, 7) is 3.29. The van der Waals surface area contributed by atoms with Gasteiger partial charge in [0, 0.05) is 44.0 Å². The first-order chi connectivity index (χ1) is 23.1. The zero-order valence-corrected chi connectivity index (χ0v) is 26.7. The molecular weight excluding hydrogens is 592 g/mol. The number of hydrazone groups is 1. The van der Waals surface area contributed by atoms with Gasteiger partial charge in [-0.1, -0.05) is 42.5 Å². The van der Waals surface area contributed by atoms with Crippen molar-refractivity contribution in [2.75, 3.05) is 44.1 Å². The van der Waals surface area contributed by atoms with Gasteiger partial charge in [0.2, 0.25) is 0 Å². The van der Waals surface area contributed by atoms with Gasteiger partial charge in [-0.15, -0.1) is 0 Å². The summed E-state index contributed by atoms with van der Waals surface area (Å²) >= 11 is 0. The molecule has 3 aliphatic rings. The fraction of sp³-hybridized carbons (Fsp3) is 0.306. The predicted octanol–water partition coefficient (Wildman–Crippen LogP) is 5.13. The summed E-state index contributed by atoms with van der Waals surface area (Å²) in [6, 6.07) is 26.9. The number of amidine groups is 1. The number of hydrogen-bond acceptors (Lipinski definition) is 9. The molecule has 1 atom stereocenters. The molecule has 0 bridgehead atoms. The van der Waals surface area contributed by atoms with Crippen LogP contribution in [0.2, 0.25) is 0 Å². The molecule has 1 fully saturated rings. The molecule has 0 spiro atoms. The van der Waals surface area contributed by atoms with Gasteiger partial charge in [-0.2, -0.15) is 5.10 Å². The molecule has 0 radical (unpaired) electrons. The molecule has 3 aromatic carbocycles. The number of para-hydroxylation sites is 1. The Balaban J connectivity index is 0.901. The number of piperidine rings is 1. The summed E-state index contributed by atoms with van der Waals surface area (Å²) < 4.78 is 10.7. The van der Waals surface area contributed by atoms with E-state index in [2.05, 4.69) is 78.6 Å². The van der Waals surface area contributed by atoms with E-state index in [0.717, 1.165) is 72.2 Å². The highest BCUT2D eigenvalue weighted by Gasteiger charge is 2.36. The van der Waals surface area contributed by atoms with E-state index in [-0.39, 0.29) is 18.2 Å². The Labute approximate surface area is 275 Å². The van der Waals surface area contributed by atoms with Crippen LogP contribution in [-0.2, 0) is 13.0 Å². The van der Waals surface area contributed by atoms with Crippen molar-refractivity contribution in [2.45, 2.75) is 38.0 Å². The first-order valence-electron chi connectivity index (χ1n) is 16.1. The summed E-state index contributed by atoms with van der Waals surface area (Å²) in [4.78, 5) is 21.9. The van der Waals surface area contributed by atoms with Gasteiger partial charge in [-0.05, 0) is 72.4 Å². The summed E-state index contributed by atoms with van der Waals surface area (Å²) in [6.07, 6.45) is 4.21. The summed E-state index contributed by atoms with van der Waals surface area (Å²) in [5.74, 6) is 3.07. The molecule has 7 rings (SSSR count). The summed E-state index contributed by atoms with van der Waals surface area (Å²) in [5.41, 5.74) is 9.83. The van der Waals surface area contributed by atoms with Gasteiger partial charge in [-0.3, -0.25) is 15.2 Å². The number of fused-ring (bicyclic) bond motifs is 5. The molecular formula is C36H40N8O3. The minimum absolute atomic E-state index is 0.116. The molecule has 1 aromatic heterocycles. The van der Waals surface area contributed by atoms with Gasteiger partial charge in [0.1, 0.15) is 6.17 Å². The van der Waals surface area contributed by atoms with Gasteiger partial charge in [0.05, 0.1) is 25.6 Å². The number of ether oxygens (including phenoxy) is 2. The lowest BCUT2D eigenvalue weighted by Crippen LogP contribution is -2.48. The molecule has 242 valence electrons. The average molecular weight is 633 g/mol. The lowest BCUT2D eigenvalue weighted by atomic mass is 10.0. The maximum absolute atomic E-state index is 12.6. The highest BCUT2D eigenvalue weighted by atomic mass is 16.5. The van der Waals surface area contributed by atoms with Crippen LogP contribution < -0.4 is 35.7 Å².